The van der Waals surface area contributed by atoms with Gasteiger partial charge in [0.25, 0.3) is 0 Å². The number of benzene rings is 9. The van der Waals surface area contributed by atoms with Crippen molar-refractivity contribution in [1.29, 1.82) is 0 Å². The monoisotopic (exact) mass is 950 g/mol. The maximum Gasteiger partial charge on any atom is 0.0540 e. The maximum atomic E-state index is 4.28. The highest BCUT2D eigenvalue weighted by atomic mass is 15.2. The zero-order valence-electron chi connectivity index (χ0n) is 42.8. The molecule has 9 aromatic carbocycles. The van der Waals surface area contributed by atoms with Crippen molar-refractivity contribution in [2.75, 3.05) is 14.7 Å². The van der Waals surface area contributed by atoms with E-state index in [9.17, 15) is 0 Å². The van der Waals surface area contributed by atoms with E-state index < -0.39 is 0 Å². The maximum absolute atomic E-state index is 4.28. The van der Waals surface area contributed by atoms with E-state index in [-0.39, 0.29) is 0 Å². The zero-order valence-corrected chi connectivity index (χ0v) is 42.8. The van der Waals surface area contributed by atoms with E-state index in [0.717, 1.165) is 74.8 Å². The van der Waals surface area contributed by atoms with Gasteiger partial charge < -0.3 is 14.7 Å². The molecule has 0 heterocycles. The molecule has 0 saturated carbocycles. The summed E-state index contributed by atoms with van der Waals surface area (Å²) < 4.78 is 0. The van der Waals surface area contributed by atoms with E-state index in [1.165, 1.54) is 70.0 Å². The van der Waals surface area contributed by atoms with Crippen molar-refractivity contribution in [1.82, 2.24) is 0 Å². The first-order chi connectivity index (χ1) is 35.9. The molecule has 3 nitrogen and oxygen atoms in total. The number of unbranched alkanes of at least 4 members (excludes halogenated alkanes) is 4. The lowest BCUT2D eigenvalue weighted by Crippen LogP contribution is -2.33. The predicted molar refractivity (Wildman–Crippen MR) is 317 cm³/mol. The molecule has 73 heavy (non-hydrogen) atoms. The van der Waals surface area contributed by atoms with Crippen LogP contribution in [-0.4, -0.2) is 0 Å². The average molecular weight is 950 g/mol. The quantitative estimate of drug-likeness (QED) is 0.0557. The number of rotatable bonds is 20. The highest BCUT2D eigenvalue weighted by Gasteiger charge is 2.19. The third kappa shape index (κ3) is 11.7. The fourth-order valence-corrected chi connectivity index (χ4v) is 10.1. The lowest BCUT2D eigenvalue weighted by atomic mass is 10.0. The molecule has 0 unspecified atom stereocenters. The molecule has 0 radical (unpaired) electrons. The Hall–Kier alpha value is -8.40. The van der Waals surface area contributed by atoms with Gasteiger partial charge in [0.05, 0.1) is 17.1 Å². The van der Waals surface area contributed by atoms with Gasteiger partial charge in [-0.2, -0.15) is 0 Å². The molecule has 3 heteroatoms. The number of hydrogen-bond acceptors (Lipinski definition) is 3. The van der Waals surface area contributed by atoms with Gasteiger partial charge in [0.15, 0.2) is 0 Å². The smallest absolute Gasteiger partial charge is 0.0540 e. The van der Waals surface area contributed by atoms with E-state index >= 15 is 0 Å². The minimum Gasteiger partial charge on any atom is -0.310 e. The van der Waals surface area contributed by atoms with Crippen LogP contribution < -0.4 is 25.1 Å². The van der Waals surface area contributed by atoms with E-state index in [4.69, 9.17) is 0 Å². The first-order valence-electron chi connectivity index (χ1n) is 26.0. The number of nitrogens with zero attached hydrogens (tertiary/aromatic N) is 3. The van der Waals surface area contributed by atoms with Crippen LogP contribution in [0.5, 0.6) is 0 Å². The summed E-state index contributed by atoms with van der Waals surface area (Å²) in [6, 6.07) is 77.1. The summed E-state index contributed by atoms with van der Waals surface area (Å²) in [7, 11) is 0. The molecule has 0 saturated heterocycles. The third-order valence-electron chi connectivity index (χ3n) is 13.8. The summed E-state index contributed by atoms with van der Waals surface area (Å²) in [5.74, 6) is 0. The molecule has 9 rings (SSSR count). The van der Waals surface area contributed by atoms with Gasteiger partial charge >= 0.3 is 0 Å². The van der Waals surface area contributed by atoms with Gasteiger partial charge in [0.2, 0.25) is 0 Å². The van der Waals surface area contributed by atoms with Crippen LogP contribution in [0.3, 0.4) is 0 Å². The third-order valence-corrected chi connectivity index (χ3v) is 13.8. The Bertz CT molecular complexity index is 3480. The Balaban J connectivity index is 0.859. The zero-order chi connectivity index (χ0) is 50.4. The second-order valence-corrected chi connectivity index (χ2v) is 18.8. The van der Waals surface area contributed by atoms with Crippen LogP contribution >= 0.6 is 0 Å². The van der Waals surface area contributed by atoms with Crippen LogP contribution in [0.25, 0.3) is 33.3 Å². The number of hydrogen-bond donors (Lipinski definition) is 0. The first kappa shape index (κ1) is 49.6. The van der Waals surface area contributed by atoms with Gasteiger partial charge in [-0.25, -0.2) is 0 Å². The van der Waals surface area contributed by atoms with E-state index in [2.05, 4.69) is 278 Å². The lowest BCUT2D eigenvalue weighted by Gasteiger charge is -2.29. The Kier molecular flexibility index (Phi) is 16.4. The van der Waals surface area contributed by atoms with Crippen molar-refractivity contribution in [3.05, 3.63) is 283 Å². The largest absolute Gasteiger partial charge is 0.310 e. The number of para-hydroxylation sites is 1. The Morgan fingerprint density at radius 2 is 0.877 bits per heavy atom. The Morgan fingerprint density at radius 3 is 1.38 bits per heavy atom. The molecule has 9 aromatic rings. The van der Waals surface area contributed by atoms with Crippen LogP contribution in [0.1, 0.15) is 64.0 Å². The summed E-state index contributed by atoms with van der Waals surface area (Å²) in [4.78, 5) is 7.08. The van der Waals surface area contributed by atoms with Gasteiger partial charge in [0, 0.05) is 50.1 Å². The molecular weight excluding hydrogens is 883 g/mol. The molecule has 0 aromatic heterocycles. The Labute approximate surface area is 434 Å². The molecule has 0 amide bonds. The van der Waals surface area contributed by atoms with Crippen molar-refractivity contribution < 1.29 is 0 Å². The molecule has 0 bridgehead atoms. The number of fused-ring (bicyclic) bond motifs is 2. The van der Waals surface area contributed by atoms with Crippen LogP contribution in [-0.2, 0) is 12.8 Å². The second-order valence-electron chi connectivity index (χ2n) is 18.8. The van der Waals surface area contributed by atoms with Gasteiger partial charge in [-0.3, -0.25) is 0 Å². The predicted octanol–water partition coefficient (Wildman–Crippen LogP) is 18.3. The summed E-state index contributed by atoms with van der Waals surface area (Å²) >= 11 is 0. The minimum atomic E-state index is 1.01. The van der Waals surface area contributed by atoms with Crippen molar-refractivity contribution in [2.45, 2.75) is 65.7 Å². The molecule has 362 valence electrons. The number of anilines is 7. The van der Waals surface area contributed by atoms with E-state index in [0.29, 0.717) is 0 Å². The topological polar surface area (TPSA) is 9.72 Å². The van der Waals surface area contributed by atoms with Crippen LogP contribution in [0.2, 0.25) is 0 Å². The number of aryl methyl sites for hydroxylation is 2. The summed E-state index contributed by atoms with van der Waals surface area (Å²) in [6.07, 6.45) is 18.7. The second kappa shape index (κ2) is 24.1. The first-order valence-corrected chi connectivity index (χ1v) is 26.0. The fraction of sp³-hybridized carbons (Fsp3) is 0.143. The average Bonchev–Trinajstić information content (AvgIpc) is 3.44. The standard InChI is InChI=1S/C70H67N3/c1-6-56-27-17-20-34-65(56)68(8-3)71(59(7-2)44-39-53(4)5)61-45-40-54(41-46-61)25-13-10-9-11-14-26-55-42-47-62(48-43-55)73(70-38-24-31-58-29-19-22-36-67(58)70)64-51-49-63(50-52-64)72(60-32-15-12-16-33-60)69-37-23-30-57-28-18-21-35-66(57)69/h6-8,12,15-24,27-52H,3-4,9-11,13-14,25-26H2,1-2,5H3/b44-39-,56-6-,59-7+,68-65+. The summed E-state index contributed by atoms with van der Waals surface area (Å²) in [5, 5.41) is 7.21. The highest BCUT2D eigenvalue weighted by molar-refractivity contribution is 6.00. The van der Waals surface area contributed by atoms with Gasteiger partial charge in [-0.1, -0.05) is 196 Å². The molecule has 0 spiro atoms. The van der Waals surface area contributed by atoms with E-state index in [1.807, 2.05) is 13.0 Å². The highest BCUT2D eigenvalue weighted by Crippen LogP contribution is 2.43. The van der Waals surface area contributed by atoms with E-state index in [1.54, 1.807) is 0 Å². The minimum absolute atomic E-state index is 1.01. The van der Waals surface area contributed by atoms with Gasteiger partial charge in [-0.05, 0) is 159 Å². The van der Waals surface area contributed by atoms with Crippen LogP contribution in [0.4, 0.5) is 39.8 Å². The number of allylic oxidation sites excluding steroid dienone is 4. The van der Waals surface area contributed by atoms with Crippen molar-refractivity contribution >= 4 is 73.1 Å². The van der Waals surface area contributed by atoms with Gasteiger partial charge in [0.1, 0.15) is 0 Å². The molecule has 0 fully saturated rings. The normalized spacial score (nSPS) is 12.3. The molecule has 0 aliphatic rings. The molecule has 0 aliphatic heterocycles. The van der Waals surface area contributed by atoms with Gasteiger partial charge in [-0.15, -0.1) is 0 Å². The van der Waals surface area contributed by atoms with Crippen molar-refractivity contribution in [3.8, 4) is 0 Å². The Morgan fingerprint density at radius 1 is 0.438 bits per heavy atom. The summed E-state index contributed by atoms with van der Waals surface area (Å²) in [5.41, 5.74) is 13.8. The van der Waals surface area contributed by atoms with Crippen molar-refractivity contribution in [2.24, 2.45) is 0 Å². The lowest BCUT2D eigenvalue weighted by molar-refractivity contribution is 0.613. The van der Waals surface area contributed by atoms with Crippen molar-refractivity contribution in [3.63, 3.8) is 0 Å². The molecule has 0 atom stereocenters. The van der Waals surface area contributed by atoms with Crippen LogP contribution in [0, 0.1) is 0 Å². The molecule has 0 aliphatic carbocycles. The SMILES string of the molecule is C=C/C(=c1/cccc/c1=C/C)N(C(/C=C\C(=C)C)=C/C)c1ccc(CCCCCCCc2ccc(N(c3ccc(N(c4ccccc4)c4cccc5ccccc45)cc3)c3cccc4ccccc34)cc2)cc1. The molecule has 0 N–H and O–H groups in total. The van der Waals surface area contributed by atoms with Crippen LogP contribution in [0.15, 0.2) is 261 Å². The molecular formula is C70H67N3. The summed E-state index contributed by atoms with van der Waals surface area (Å²) in [6.45, 7) is 14.6. The fourth-order valence-electron chi connectivity index (χ4n) is 10.1.